The Kier molecular flexibility index (Phi) is 4.57. The minimum atomic E-state index is -0.634. The first-order valence-electron chi connectivity index (χ1n) is 6.28. The molecule has 20 heavy (non-hydrogen) atoms. The molecule has 108 valence electrons. The van der Waals surface area contributed by atoms with Gasteiger partial charge in [0.05, 0.1) is 4.92 Å². The summed E-state index contributed by atoms with van der Waals surface area (Å²) in [5.41, 5.74) is -0.217. The number of benzene rings is 1. The molecule has 1 saturated carbocycles. The highest BCUT2D eigenvalue weighted by Crippen LogP contribution is 2.34. The Morgan fingerprint density at radius 2 is 2.25 bits per heavy atom. The van der Waals surface area contributed by atoms with Gasteiger partial charge < -0.3 is 9.47 Å². The molecular weight excluding hydrogens is 286 g/mol. The monoisotopic (exact) mass is 299 g/mol. The van der Waals surface area contributed by atoms with Gasteiger partial charge in [-0.3, -0.25) is 14.9 Å². The van der Waals surface area contributed by atoms with Gasteiger partial charge in [0.25, 0.3) is 0 Å². The number of carbonyl (C=O) groups is 1. The highest BCUT2D eigenvalue weighted by molar-refractivity contribution is 6.30. The number of ether oxygens (including phenoxy) is 2. The number of nitro groups is 1. The molecule has 7 heteroatoms. The van der Waals surface area contributed by atoms with Gasteiger partial charge in [0, 0.05) is 24.1 Å². The van der Waals surface area contributed by atoms with Crippen molar-refractivity contribution in [2.45, 2.75) is 32.0 Å². The Hall–Kier alpha value is -1.66. The zero-order valence-electron chi connectivity index (χ0n) is 10.9. The molecule has 1 aliphatic rings. The molecule has 0 radical (unpaired) electrons. The first-order valence-corrected chi connectivity index (χ1v) is 6.65. The largest absolute Gasteiger partial charge is 0.480 e. The third-order valence-corrected chi connectivity index (χ3v) is 3.19. The maximum Gasteiger partial charge on any atom is 0.312 e. The summed E-state index contributed by atoms with van der Waals surface area (Å²) in [4.78, 5) is 21.8. The maximum absolute atomic E-state index is 11.4. The van der Waals surface area contributed by atoms with E-state index in [1.54, 1.807) is 0 Å². The first-order chi connectivity index (χ1) is 9.52. The molecule has 0 spiro atoms. The number of Topliss-reactive ketones (excluding diaryl/α,β-unsaturated/α-hetero) is 1. The van der Waals surface area contributed by atoms with Crippen molar-refractivity contribution in [3.8, 4) is 5.75 Å². The average molecular weight is 300 g/mol. The summed E-state index contributed by atoms with van der Waals surface area (Å²) >= 11 is 5.73. The molecule has 0 aromatic heterocycles. The number of halogens is 1. The molecule has 0 bridgehead atoms. The summed E-state index contributed by atoms with van der Waals surface area (Å²) in [6.45, 7) is 2.39. The smallest absolute Gasteiger partial charge is 0.312 e. The molecule has 0 heterocycles. The van der Waals surface area contributed by atoms with Crippen LogP contribution in [0.2, 0.25) is 5.02 Å². The molecular formula is C13H14ClNO5. The molecule has 1 aromatic carbocycles. The Morgan fingerprint density at radius 1 is 1.50 bits per heavy atom. The van der Waals surface area contributed by atoms with Crippen molar-refractivity contribution in [3.05, 3.63) is 33.3 Å². The van der Waals surface area contributed by atoms with Gasteiger partial charge in [-0.05, 0) is 18.6 Å². The number of carbonyl (C=O) groups excluding carboxylic acids is 1. The van der Waals surface area contributed by atoms with Crippen LogP contribution in [-0.4, -0.2) is 29.5 Å². The Balaban J connectivity index is 2.10. The first kappa shape index (κ1) is 14.7. The number of nitro benzene ring substituents is 1. The van der Waals surface area contributed by atoms with Crippen molar-refractivity contribution >= 4 is 23.1 Å². The zero-order valence-corrected chi connectivity index (χ0v) is 11.6. The molecule has 0 saturated heterocycles. The standard InChI is InChI=1S/C13H14ClNO5/c1-2-5-19-13-10(16)7-12(13)20-11-4-3-8(14)6-9(11)15(17)18/h3-4,6,12-13H,2,5,7H2,1H3. The van der Waals surface area contributed by atoms with Crippen molar-refractivity contribution in [1.82, 2.24) is 0 Å². The lowest BCUT2D eigenvalue weighted by Crippen LogP contribution is -2.52. The molecule has 1 fully saturated rings. The van der Waals surface area contributed by atoms with Crippen LogP contribution in [0.15, 0.2) is 18.2 Å². The van der Waals surface area contributed by atoms with E-state index in [9.17, 15) is 14.9 Å². The molecule has 2 atom stereocenters. The van der Waals surface area contributed by atoms with Gasteiger partial charge in [-0.1, -0.05) is 18.5 Å². The summed E-state index contributed by atoms with van der Waals surface area (Å²) in [5, 5.41) is 11.2. The predicted molar refractivity (Wildman–Crippen MR) is 72.2 cm³/mol. The van der Waals surface area contributed by atoms with E-state index in [1.165, 1.54) is 18.2 Å². The van der Waals surface area contributed by atoms with Crippen molar-refractivity contribution < 1.29 is 19.2 Å². The van der Waals surface area contributed by atoms with E-state index in [0.717, 1.165) is 6.42 Å². The van der Waals surface area contributed by atoms with E-state index >= 15 is 0 Å². The van der Waals surface area contributed by atoms with Gasteiger partial charge in [0.2, 0.25) is 0 Å². The fraction of sp³-hybridized carbons (Fsp3) is 0.462. The van der Waals surface area contributed by atoms with Crippen molar-refractivity contribution in [1.29, 1.82) is 0 Å². The number of nitrogens with zero attached hydrogens (tertiary/aromatic N) is 1. The summed E-state index contributed by atoms with van der Waals surface area (Å²) in [5.74, 6) is 0.0575. The summed E-state index contributed by atoms with van der Waals surface area (Å²) < 4.78 is 10.9. The lowest BCUT2D eigenvalue weighted by molar-refractivity contribution is -0.386. The fourth-order valence-corrected chi connectivity index (χ4v) is 2.08. The van der Waals surface area contributed by atoms with Gasteiger partial charge in [-0.2, -0.15) is 0 Å². The summed E-state index contributed by atoms with van der Waals surface area (Å²) in [6.07, 6.45) is -0.120. The lowest BCUT2D eigenvalue weighted by atomic mass is 9.90. The molecule has 0 amide bonds. The average Bonchev–Trinajstić information content (AvgIpc) is 2.40. The second-order valence-corrected chi connectivity index (χ2v) is 4.92. The number of hydrogen-bond donors (Lipinski definition) is 0. The quantitative estimate of drug-likeness (QED) is 0.596. The maximum atomic E-state index is 11.4. The molecule has 0 N–H and O–H groups in total. The predicted octanol–water partition coefficient (Wildman–Crippen LogP) is 2.76. The van der Waals surface area contributed by atoms with Crippen molar-refractivity contribution in [3.63, 3.8) is 0 Å². The zero-order chi connectivity index (χ0) is 14.7. The van der Waals surface area contributed by atoms with E-state index in [0.29, 0.717) is 6.61 Å². The molecule has 2 rings (SSSR count). The highest BCUT2D eigenvalue weighted by atomic mass is 35.5. The lowest BCUT2D eigenvalue weighted by Gasteiger charge is -2.34. The Morgan fingerprint density at radius 3 is 2.85 bits per heavy atom. The molecule has 1 aliphatic carbocycles. The summed E-state index contributed by atoms with van der Waals surface area (Å²) in [6, 6.07) is 4.16. The molecule has 2 unspecified atom stereocenters. The fourth-order valence-electron chi connectivity index (χ4n) is 1.91. The van der Waals surface area contributed by atoms with Gasteiger partial charge in [-0.15, -0.1) is 0 Å². The number of hydrogen-bond acceptors (Lipinski definition) is 5. The van der Waals surface area contributed by atoms with Crippen molar-refractivity contribution in [2.24, 2.45) is 0 Å². The van der Waals surface area contributed by atoms with Crippen LogP contribution in [0.3, 0.4) is 0 Å². The molecule has 6 nitrogen and oxygen atoms in total. The van der Waals surface area contributed by atoms with Crippen LogP contribution < -0.4 is 4.74 Å². The van der Waals surface area contributed by atoms with E-state index in [-0.39, 0.29) is 28.7 Å². The van der Waals surface area contributed by atoms with E-state index in [2.05, 4.69) is 0 Å². The Labute approximate surface area is 120 Å². The van der Waals surface area contributed by atoms with Crippen LogP contribution in [0.25, 0.3) is 0 Å². The van der Waals surface area contributed by atoms with Crippen LogP contribution in [0.4, 0.5) is 5.69 Å². The second kappa shape index (κ2) is 6.19. The normalized spacial score (nSPS) is 21.4. The van der Waals surface area contributed by atoms with Crippen LogP contribution in [0.5, 0.6) is 5.75 Å². The minimum Gasteiger partial charge on any atom is -0.480 e. The third kappa shape index (κ3) is 3.08. The van der Waals surface area contributed by atoms with Crippen LogP contribution in [0, 0.1) is 10.1 Å². The van der Waals surface area contributed by atoms with Gasteiger partial charge in [0.15, 0.2) is 17.6 Å². The SMILES string of the molecule is CCCOC1C(=O)CC1Oc1ccc(Cl)cc1[N+](=O)[O-]. The van der Waals surface area contributed by atoms with E-state index in [4.69, 9.17) is 21.1 Å². The van der Waals surface area contributed by atoms with Gasteiger partial charge in [0.1, 0.15) is 6.10 Å². The van der Waals surface area contributed by atoms with Crippen LogP contribution in [-0.2, 0) is 9.53 Å². The topological polar surface area (TPSA) is 78.7 Å². The summed E-state index contributed by atoms with van der Waals surface area (Å²) in [7, 11) is 0. The van der Waals surface area contributed by atoms with Crippen molar-refractivity contribution in [2.75, 3.05) is 6.61 Å². The van der Waals surface area contributed by atoms with Gasteiger partial charge >= 0.3 is 5.69 Å². The molecule has 0 aliphatic heterocycles. The van der Waals surface area contributed by atoms with E-state index in [1.807, 2.05) is 6.92 Å². The van der Waals surface area contributed by atoms with Crippen LogP contribution >= 0.6 is 11.6 Å². The number of rotatable bonds is 6. The van der Waals surface area contributed by atoms with Gasteiger partial charge in [-0.25, -0.2) is 0 Å². The van der Waals surface area contributed by atoms with E-state index < -0.39 is 17.1 Å². The third-order valence-electron chi connectivity index (χ3n) is 2.95. The Bertz CT molecular complexity index is 533. The number of ketones is 1. The minimum absolute atomic E-state index is 0.0416. The molecule has 1 aromatic rings. The second-order valence-electron chi connectivity index (χ2n) is 4.49. The highest BCUT2D eigenvalue weighted by Gasteiger charge is 2.43. The van der Waals surface area contributed by atoms with Crippen LogP contribution in [0.1, 0.15) is 19.8 Å².